The molecule has 2 rings (SSSR count). The molecular formula is C12H15N3. The topological polar surface area (TPSA) is 29.9 Å². The number of para-hydroxylation sites is 1. The molecular weight excluding hydrogens is 186 g/mol. The normalized spacial score (nSPS) is 10.5. The molecule has 0 bridgehead atoms. The lowest BCUT2D eigenvalue weighted by molar-refractivity contribution is 0.722. The molecule has 0 amide bonds. The summed E-state index contributed by atoms with van der Waals surface area (Å²) in [5, 5.41) is 3.33. The van der Waals surface area contributed by atoms with Gasteiger partial charge < -0.3 is 9.88 Å². The molecule has 0 atom stereocenters. The van der Waals surface area contributed by atoms with Crippen LogP contribution in [0.5, 0.6) is 0 Å². The molecule has 78 valence electrons. The number of nitrogens with zero attached hydrogens (tertiary/aromatic N) is 2. The van der Waals surface area contributed by atoms with Crippen molar-refractivity contribution >= 4 is 0 Å². The van der Waals surface area contributed by atoms with Gasteiger partial charge in [0.15, 0.2) is 0 Å². The number of rotatable bonds is 4. The van der Waals surface area contributed by atoms with Crippen LogP contribution >= 0.6 is 0 Å². The van der Waals surface area contributed by atoms with Crippen LogP contribution in [-0.4, -0.2) is 16.1 Å². The van der Waals surface area contributed by atoms with Crippen LogP contribution in [0.15, 0.2) is 43.0 Å². The van der Waals surface area contributed by atoms with Crippen LogP contribution in [0.1, 0.15) is 12.5 Å². The first kappa shape index (κ1) is 9.93. The van der Waals surface area contributed by atoms with Crippen LogP contribution in [0.2, 0.25) is 0 Å². The van der Waals surface area contributed by atoms with Crippen molar-refractivity contribution in [2.24, 2.45) is 0 Å². The highest BCUT2D eigenvalue weighted by Gasteiger charge is 2.01. The van der Waals surface area contributed by atoms with Gasteiger partial charge in [0.2, 0.25) is 0 Å². The van der Waals surface area contributed by atoms with E-state index in [-0.39, 0.29) is 0 Å². The third kappa shape index (κ3) is 2.25. The first-order chi connectivity index (χ1) is 7.42. The minimum atomic E-state index is 0.894. The molecule has 15 heavy (non-hydrogen) atoms. The third-order valence-corrected chi connectivity index (χ3v) is 2.34. The second-order valence-electron chi connectivity index (χ2n) is 3.38. The molecule has 0 aliphatic carbocycles. The van der Waals surface area contributed by atoms with E-state index in [4.69, 9.17) is 0 Å². The highest BCUT2D eigenvalue weighted by Crippen LogP contribution is 2.13. The molecule has 0 spiro atoms. The van der Waals surface area contributed by atoms with Crippen LogP contribution in [0.3, 0.4) is 0 Å². The van der Waals surface area contributed by atoms with Gasteiger partial charge in [-0.25, -0.2) is 4.98 Å². The minimum absolute atomic E-state index is 0.894. The highest BCUT2D eigenvalue weighted by molar-refractivity contribution is 5.40. The summed E-state index contributed by atoms with van der Waals surface area (Å²) in [6.07, 6.45) is 5.58. The molecule has 1 aromatic heterocycles. The predicted octanol–water partition coefficient (Wildman–Crippen LogP) is 1.98. The quantitative estimate of drug-likeness (QED) is 0.819. The maximum Gasteiger partial charge on any atom is 0.0991 e. The number of hydrogen-bond donors (Lipinski definition) is 1. The molecule has 3 nitrogen and oxygen atoms in total. The molecule has 1 N–H and O–H groups in total. The summed E-state index contributed by atoms with van der Waals surface area (Å²) >= 11 is 0. The number of aromatic nitrogens is 2. The van der Waals surface area contributed by atoms with Crippen molar-refractivity contribution in [3.63, 3.8) is 0 Å². The molecule has 3 heteroatoms. The Labute approximate surface area is 89.8 Å². The van der Waals surface area contributed by atoms with Crippen LogP contribution in [0, 0.1) is 0 Å². The Hall–Kier alpha value is -1.61. The number of benzene rings is 1. The van der Waals surface area contributed by atoms with Crippen LogP contribution in [0.25, 0.3) is 5.69 Å². The van der Waals surface area contributed by atoms with Crippen molar-refractivity contribution in [3.05, 3.63) is 48.5 Å². The van der Waals surface area contributed by atoms with E-state index in [0.29, 0.717) is 0 Å². The summed E-state index contributed by atoms with van der Waals surface area (Å²) < 4.78 is 2.03. The summed E-state index contributed by atoms with van der Waals surface area (Å²) in [6.45, 7) is 3.99. The van der Waals surface area contributed by atoms with Crippen molar-refractivity contribution in [1.29, 1.82) is 0 Å². The van der Waals surface area contributed by atoms with Crippen molar-refractivity contribution in [2.45, 2.75) is 13.5 Å². The maximum absolute atomic E-state index is 4.06. The maximum atomic E-state index is 4.06. The largest absolute Gasteiger partial charge is 0.313 e. The zero-order valence-corrected chi connectivity index (χ0v) is 8.85. The van der Waals surface area contributed by atoms with Gasteiger partial charge in [-0.1, -0.05) is 25.1 Å². The molecule has 2 aromatic rings. The first-order valence-corrected chi connectivity index (χ1v) is 5.18. The molecule has 0 saturated carbocycles. The van der Waals surface area contributed by atoms with Gasteiger partial charge in [-0.15, -0.1) is 0 Å². The molecule has 0 unspecified atom stereocenters. The summed E-state index contributed by atoms with van der Waals surface area (Å²) in [7, 11) is 0. The molecule has 1 aromatic carbocycles. The van der Waals surface area contributed by atoms with Gasteiger partial charge in [0.1, 0.15) is 0 Å². The Balaban J connectivity index is 2.30. The van der Waals surface area contributed by atoms with Gasteiger partial charge in [-0.05, 0) is 18.2 Å². The molecule has 0 fully saturated rings. The van der Waals surface area contributed by atoms with Gasteiger partial charge in [-0.2, -0.15) is 0 Å². The summed E-state index contributed by atoms with van der Waals surface area (Å²) in [5.41, 5.74) is 2.48. The molecule has 0 radical (unpaired) electrons. The second kappa shape index (κ2) is 4.75. The molecule has 0 aliphatic rings. The van der Waals surface area contributed by atoms with Crippen molar-refractivity contribution in [1.82, 2.24) is 14.9 Å². The molecule has 0 aliphatic heterocycles. The highest BCUT2D eigenvalue weighted by atomic mass is 15.0. The third-order valence-electron chi connectivity index (χ3n) is 2.34. The first-order valence-electron chi connectivity index (χ1n) is 5.18. The van der Waals surface area contributed by atoms with E-state index < -0.39 is 0 Å². The molecule has 1 heterocycles. The van der Waals surface area contributed by atoms with Crippen LogP contribution in [-0.2, 0) is 6.54 Å². The summed E-state index contributed by atoms with van der Waals surface area (Å²) in [4.78, 5) is 4.06. The zero-order valence-electron chi connectivity index (χ0n) is 8.85. The van der Waals surface area contributed by atoms with Crippen molar-refractivity contribution in [3.8, 4) is 5.69 Å². The van der Waals surface area contributed by atoms with E-state index in [1.807, 2.05) is 23.2 Å². The fourth-order valence-electron chi connectivity index (χ4n) is 1.57. The average Bonchev–Trinajstić information content (AvgIpc) is 2.80. The van der Waals surface area contributed by atoms with E-state index in [0.717, 1.165) is 13.1 Å². The standard InChI is InChI=1S/C12H15N3/c1-2-13-9-11-5-3-4-6-12(11)15-8-7-14-10-15/h3-8,10,13H,2,9H2,1H3. The average molecular weight is 201 g/mol. The fraction of sp³-hybridized carbons (Fsp3) is 0.250. The van der Waals surface area contributed by atoms with Gasteiger partial charge in [0.25, 0.3) is 0 Å². The number of imidazole rings is 1. The van der Waals surface area contributed by atoms with Gasteiger partial charge in [0.05, 0.1) is 12.0 Å². The Morgan fingerprint density at radius 3 is 2.93 bits per heavy atom. The summed E-state index contributed by atoms with van der Waals surface area (Å²) in [5.74, 6) is 0. The lowest BCUT2D eigenvalue weighted by Gasteiger charge is -2.09. The van der Waals surface area contributed by atoms with E-state index in [1.165, 1.54) is 11.3 Å². The van der Waals surface area contributed by atoms with Gasteiger partial charge in [0, 0.05) is 18.9 Å². The van der Waals surface area contributed by atoms with E-state index >= 15 is 0 Å². The zero-order chi connectivity index (χ0) is 10.5. The minimum Gasteiger partial charge on any atom is -0.313 e. The van der Waals surface area contributed by atoms with Gasteiger partial charge in [-0.3, -0.25) is 0 Å². The lowest BCUT2D eigenvalue weighted by atomic mass is 10.1. The molecule has 0 saturated heterocycles. The second-order valence-corrected chi connectivity index (χ2v) is 3.38. The van der Waals surface area contributed by atoms with Gasteiger partial charge >= 0.3 is 0 Å². The number of hydrogen-bond acceptors (Lipinski definition) is 2. The van der Waals surface area contributed by atoms with Crippen LogP contribution < -0.4 is 5.32 Å². The Bertz CT molecular complexity index is 407. The number of nitrogens with one attached hydrogen (secondary N) is 1. The SMILES string of the molecule is CCNCc1ccccc1-n1ccnc1. The predicted molar refractivity (Wildman–Crippen MR) is 60.9 cm³/mol. The van der Waals surface area contributed by atoms with E-state index in [1.54, 1.807) is 6.20 Å². The Kier molecular flexibility index (Phi) is 3.15. The monoisotopic (exact) mass is 201 g/mol. The lowest BCUT2D eigenvalue weighted by Crippen LogP contribution is -2.13. The summed E-state index contributed by atoms with van der Waals surface area (Å²) in [6, 6.07) is 8.35. The van der Waals surface area contributed by atoms with Crippen molar-refractivity contribution < 1.29 is 0 Å². The van der Waals surface area contributed by atoms with Crippen LogP contribution in [0.4, 0.5) is 0 Å². The smallest absolute Gasteiger partial charge is 0.0991 e. The Morgan fingerprint density at radius 2 is 2.20 bits per heavy atom. The fourth-order valence-corrected chi connectivity index (χ4v) is 1.57. The van der Waals surface area contributed by atoms with E-state index in [9.17, 15) is 0 Å². The van der Waals surface area contributed by atoms with Crippen molar-refractivity contribution in [2.75, 3.05) is 6.54 Å². The Morgan fingerprint density at radius 1 is 1.33 bits per heavy atom. The van der Waals surface area contributed by atoms with E-state index in [2.05, 4.69) is 35.4 Å².